The van der Waals surface area contributed by atoms with E-state index in [-0.39, 0.29) is 13.3 Å². The smallest absolute Gasteiger partial charge is 0.146 e. The summed E-state index contributed by atoms with van der Waals surface area (Å²) in [5.41, 5.74) is 0. The number of ether oxygens (including phenoxy) is 1. The van der Waals surface area contributed by atoms with Crippen molar-refractivity contribution < 1.29 is 26.5 Å². The summed E-state index contributed by atoms with van der Waals surface area (Å²) >= 11 is 1.20. The summed E-state index contributed by atoms with van der Waals surface area (Å²) in [6.45, 7) is -0.488. The molecule has 1 fully saturated rings. The van der Waals surface area contributed by atoms with Crippen LogP contribution in [0.2, 0.25) is 0 Å². The van der Waals surface area contributed by atoms with E-state index in [4.69, 9.17) is 6.11 Å². The minimum absolute atomic E-state index is 0.0160. The highest BCUT2D eigenvalue weighted by atomic mass is 32.2. The number of hydrogen-bond donors (Lipinski definition) is 4. The second-order valence-electron chi connectivity index (χ2n) is 4.74. The van der Waals surface area contributed by atoms with Crippen molar-refractivity contribution in [3.05, 3.63) is 30.3 Å². The molecule has 0 spiro atoms. The van der Waals surface area contributed by atoms with Gasteiger partial charge >= 0.3 is 0 Å². The van der Waals surface area contributed by atoms with Crippen molar-refractivity contribution in [2.24, 2.45) is 0 Å². The Morgan fingerprint density at radius 3 is 2.55 bits per heavy atom. The maximum Gasteiger partial charge on any atom is 0.146 e. The Morgan fingerprint density at radius 2 is 1.95 bits per heavy atom. The minimum Gasteiger partial charge on any atom is -0.394 e. The molecule has 112 valence electrons. The third-order valence-corrected chi connectivity index (χ3v) is 4.81. The summed E-state index contributed by atoms with van der Waals surface area (Å²) in [4.78, 5) is -0.458. The first-order valence-corrected chi connectivity index (χ1v) is 7.22. The molecule has 0 amide bonds. The predicted octanol–water partition coefficient (Wildman–Crippen LogP) is 0.359. The minimum atomic E-state index is -1.43. The Balaban J connectivity index is 2.30. The van der Waals surface area contributed by atoms with Gasteiger partial charge in [-0.25, -0.2) is 0 Å². The van der Waals surface area contributed by atoms with E-state index in [0.29, 0.717) is 0 Å². The van der Waals surface area contributed by atoms with Crippen LogP contribution >= 0.6 is 11.8 Å². The Kier molecular flexibility index (Phi) is 4.60. The third-order valence-electron chi connectivity index (χ3n) is 3.42. The van der Waals surface area contributed by atoms with Gasteiger partial charge in [0.05, 0.1) is 6.61 Å². The molecule has 4 N–H and O–H groups in total. The van der Waals surface area contributed by atoms with E-state index in [0.717, 1.165) is 4.90 Å². The van der Waals surface area contributed by atoms with Gasteiger partial charge in [0, 0.05) is 6.27 Å². The van der Waals surface area contributed by atoms with E-state index in [9.17, 15) is 20.4 Å². The van der Waals surface area contributed by atoms with Gasteiger partial charge in [-0.1, -0.05) is 36.9 Å². The van der Waals surface area contributed by atoms with Gasteiger partial charge in [0.2, 0.25) is 0 Å². The van der Waals surface area contributed by atoms with E-state index in [1.807, 2.05) is 30.3 Å². The van der Waals surface area contributed by atoms with Crippen LogP contribution in [0.25, 0.3) is 0 Å². The second kappa shape index (κ2) is 6.43. The number of rotatable bonds is 4. The van der Waals surface area contributed by atoms with Crippen LogP contribution in [0.3, 0.4) is 0 Å². The fourth-order valence-corrected chi connectivity index (χ4v) is 3.46. The first kappa shape index (κ1) is 14.3. The molecule has 5 atom stereocenters. The zero-order valence-electron chi connectivity index (χ0n) is 11.9. The lowest BCUT2D eigenvalue weighted by atomic mass is 9.93. The molecular formula is C14H20O5S. The molecule has 0 bridgehead atoms. The van der Waals surface area contributed by atoms with Gasteiger partial charge in [0.1, 0.15) is 29.3 Å². The lowest BCUT2D eigenvalue weighted by Crippen LogP contribution is -2.63. The Hall–Kier alpha value is -0.630. The van der Waals surface area contributed by atoms with E-state index in [2.05, 4.69) is 0 Å². The van der Waals surface area contributed by atoms with Gasteiger partial charge in [-0.05, 0) is 18.6 Å². The number of aliphatic hydroxyl groups is 4. The van der Waals surface area contributed by atoms with Crippen molar-refractivity contribution in [3.63, 3.8) is 0 Å². The molecule has 6 heteroatoms. The summed E-state index contributed by atoms with van der Waals surface area (Å²) in [6, 6.07) is 9.19. The first-order valence-electron chi connectivity index (χ1n) is 7.11. The average Bonchev–Trinajstić information content (AvgIpc) is 2.50. The lowest BCUT2D eigenvalue weighted by Gasteiger charge is -2.47. The highest BCUT2D eigenvalue weighted by Crippen LogP contribution is 2.44. The molecule has 1 aromatic rings. The molecule has 1 unspecified atom stereocenters. The molecule has 0 radical (unpaired) electrons. The fraction of sp³-hybridized carbons (Fsp3) is 0.571. The average molecular weight is 301 g/mol. The fourth-order valence-electron chi connectivity index (χ4n) is 2.24. The summed E-state index contributed by atoms with van der Waals surface area (Å²) in [5.74, 6) is 0. The summed E-state index contributed by atoms with van der Waals surface area (Å²) in [5, 5.41) is 39.5. The Morgan fingerprint density at radius 1 is 1.25 bits per heavy atom. The van der Waals surface area contributed by atoms with Gasteiger partial charge in [-0.3, -0.25) is 0 Å². The quantitative estimate of drug-likeness (QED) is 0.642. The lowest BCUT2D eigenvalue weighted by molar-refractivity contribution is -0.242. The molecule has 0 aliphatic carbocycles. The van der Waals surface area contributed by atoms with Crippen LogP contribution in [0.5, 0.6) is 0 Å². The number of hydrogen-bond acceptors (Lipinski definition) is 6. The van der Waals surface area contributed by atoms with Crippen LogP contribution < -0.4 is 0 Å². The Bertz CT molecular complexity index is 446. The Labute approximate surface area is 123 Å². The summed E-state index contributed by atoms with van der Waals surface area (Å²) < 4.78 is 13.1. The van der Waals surface area contributed by atoms with E-state index in [1.165, 1.54) is 11.8 Å². The van der Waals surface area contributed by atoms with Crippen molar-refractivity contribution in [1.29, 1.82) is 0 Å². The van der Waals surface area contributed by atoms with Crippen molar-refractivity contribution in [2.75, 3.05) is 6.61 Å². The zero-order valence-corrected chi connectivity index (χ0v) is 11.7. The van der Waals surface area contributed by atoms with Crippen LogP contribution in [0.4, 0.5) is 0 Å². The summed E-state index contributed by atoms with van der Waals surface area (Å²) in [7, 11) is 0. The molecule has 1 aliphatic heterocycles. The standard InChI is InChI=1S/C14H20O5S/c1-2-14(20-9-6-4-3-5-7-9)13(18)12(17)11(16)10(8-15)19-14/h3-7,10-13,15-18H,2,8H2,1H3/t10-,11+,12+,13-,14?/m1/s1/i1D. The monoisotopic (exact) mass is 301 g/mol. The van der Waals surface area contributed by atoms with E-state index >= 15 is 0 Å². The molecule has 1 aromatic carbocycles. The molecule has 1 heterocycles. The normalized spacial score (nSPS) is 38.5. The molecular weight excluding hydrogens is 280 g/mol. The molecule has 0 aromatic heterocycles. The molecule has 1 saturated heterocycles. The van der Waals surface area contributed by atoms with Crippen LogP contribution in [0, 0.1) is 0 Å². The third kappa shape index (κ3) is 2.86. The molecule has 2 rings (SSSR count). The maximum atomic E-state index is 10.3. The molecule has 20 heavy (non-hydrogen) atoms. The molecule has 5 nitrogen and oxygen atoms in total. The van der Waals surface area contributed by atoms with Crippen molar-refractivity contribution in [3.8, 4) is 0 Å². The van der Waals surface area contributed by atoms with Crippen molar-refractivity contribution >= 4 is 11.8 Å². The molecule has 0 saturated carbocycles. The molecule has 1 aliphatic rings. The van der Waals surface area contributed by atoms with Gasteiger partial charge in [-0.15, -0.1) is 0 Å². The highest BCUT2D eigenvalue weighted by molar-refractivity contribution is 8.00. The van der Waals surface area contributed by atoms with Crippen LogP contribution in [0.1, 0.15) is 14.7 Å². The van der Waals surface area contributed by atoms with Gasteiger partial charge in [0.15, 0.2) is 0 Å². The van der Waals surface area contributed by atoms with E-state index < -0.39 is 36.0 Å². The van der Waals surface area contributed by atoms with Gasteiger partial charge in [-0.2, -0.15) is 0 Å². The maximum absolute atomic E-state index is 10.3. The largest absolute Gasteiger partial charge is 0.394 e. The predicted molar refractivity (Wildman–Crippen MR) is 75.3 cm³/mol. The van der Waals surface area contributed by atoms with Crippen LogP contribution in [-0.2, 0) is 4.74 Å². The number of aliphatic hydroxyl groups excluding tert-OH is 4. The SMILES string of the molecule is [2H]CCC1(Sc2ccccc2)O[C@H](CO)[C@H](O)[C@H](O)[C@H]1O. The van der Waals surface area contributed by atoms with Crippen molar-refractivity contribution in [2.45, 2.75) is 47.6 Å². The number of benzene rings is 1. The van der Waals surface area contributed by atoms with Crippen molar-refractivity contribution in [1.82, 2.24) is 0 Å². The summed E-state index contributed by atoms with van der Waals surface area (Å²) in [6.07, 6.45) is -4.98. The van der Waals surface area contributed by atoms with Gasteiger partial charge in [0.25, 0.3) is 0 Å². The van der Waals surface area contributed by atoms with E-state index in [1.54, 1.807) is 0 Å². The highest BCUT2D eigenvalue weighted by Gasteiger charge is 2.52. The van der Waals surface area contributed by atoms with Gasteiger partial charge < -0.3 is 25.2 Å². The van der Waals surface area contributed by atoms with Crippen LogP contribution in [0.15, 0.2) is 35.2 Å². The zero-order chi connectivity index (χ0) is 15.5. The topological polar surface area (TPSA) is 90.2 Å². The second-order valence-corrected chi connectivity index (χ2v) is 6.11. The number of thioether (sulfide) groups is 1. The first-order chi connectivity index (χ1) is 10.0. The van der Waals surface area contributed by atoms with Crippen LogP contribution in [-0.4, -0.2) is 56.4 Å².